The number of rotatable bonds is 8. The summed E-state index contributed by atoms with van der Waals surface area (Å²) >= 11 is 2.40. The van der Waals surface area contributed by atoms with E-state index in [9.17, 15) is 4.79 Å². The molecule has 2 heterocycles. The minimum absolute atomic E-state index is 0.0246. The van der Waals surface area contributed by atoms with Crippen LogP contribution < -0.4 is 4.90 Å². The molecular formula is C27H38IN3O2. The third-order valence-corrected chi connectivity index (χ3v) is 8.07. The van der Waals surface area contributed by atoms with E-state index in [4.69, 9.17) is 9.73 Å². The van der Waals surface area contributed by atoms with E-state index < -0.39 is 0 Å². The summed E-state index contributed by atoms with van der Waals surface area (Å²) in [6.07, 6.45) is 14.8. The minimum Gasteiger partial charge on any atom is -0.420 e. The van der Waals surface area contributed by atoms with Gasteiger partial charge >= 0.3 is 6.02 Å². The summed E-state index contributed by atoms with van der Waals surface area (Å²) in [6, 6.07) is 9.47. The van der Waals surface area contributed by atoms with Crippen LogP contribution in [0.1, 0.15) is 83.1 Å². The normalized spacial score (nSPS) is 23.4. The van der Waals surface area contributed by atoms with Crippen molar-refractivity contribution in [1.29, 1.82) is 0 Å². The van der Waals surface area contributed by atoms with Gasteiger partial charge in [0.05, 0.1) is 6.04 Å². The van der Waals surface area contributed by atoms with E-state index in [-0.39, 0.29) is 18.0 Å². The summed E-state index contributed by atoms with van der Waals surface area (Å²) in [6.45, 7) is 4.47. The van der Waals surface area contributed by atoms with E-state index in [0.717, 1.165) is 55.2 Å². The van der Waals surface area contributed by atoms with Crippen LogP contribution in [0.25, 0.3) is 6.08 Å². The number of halogens is 1. The highest BCUT2D eigenvalue weighted by atomic mass is 127. The first-order chi connectivity index (χ1) is 16.2. The van der Waals surface area contributed by atoms with Crippen LogP contribution >= 0.6 is 22.6 Å². The fraction of sp³-hybridized carbons (Fsp3) is 0.630. The summed E-state index contributed by atoms with van der Waals surface area (Å²) in [5.74, 6) is 0.385. The molecule has 3 aliphatic rings. The number of alkyl halides is 1. The number of hydrogen-bond donors (Lipinski definition) is 0. The molecule has 1 aliphatic carbocycles. The number of carbonyl (C=O) groups excluding carboxylic acids is 1. The smallest absolute Gasteiger partial charge is 0.300 e. The second-order valence-electron chi connectivity index (χ2n) is 9.58. The molecule has 1 aromatic rings. The first kappa shape index (κ1) is 24.6. The lowest BCUT2D eigenvalue weighted by molar-refractivity contribution is -0.124. The molecule has 6 heteroatoms. The summed E-state index contributed by atoms with van der Waals surface area (Å²) in [5, 5.41) is 0. The SMILES string of the molecule is CCCCC(CI)/N=C1/O/C(=C/c2ccc(N3CCCCC3)cc2)C(=O)N1C1CCCCC1. The Morgan fingerprint density at radius 3 is 2.45 bits per heavy atom. The van der Waals surface area contributed by atoms with Crippen molar-refractivity contribution in [3.8, 4) is 0 Å². The van der Waals surface area contributed by atoms with E-state index in [1.165, 1.54) is 44.2 Å². The Kier molecular flexibility index (Phi) is 9.10. The van der Waals surface area contributed by atoms with Crippen LogP contribution in [0.3, 0.4) is 0 Å². The number of ether oxygens (including phenoxy) is 1. The average Bonchev–Trinajstić information content (AvgIpc) is 3.17. The van der Waals surface area contributed by atoms with Crippen molar-refractivity contribution in [3.05, 3.63) is 35.6 Å². The first-order valence-corrected chi connectivity index (χ1v) is 14.4. The van der Waals surface area contributed by atoms with Gasteiger partial charge in [0.1, 0.15) is 0 Å². The van der Waals surface area contributed by atoms with Crippen molar-refractivity contribution in [3.63, 3.8) is 0 Å². The van der Waals surface area contributed by atoms with Crippen molar-refractivity contribution < 1.29 is 9.53 Å². The maximum absolute atomic E-state index is 13.5. The average molecular weight is 564 g/mol. The molecule has 0 bridgehead atoms. The van der Waals surface area contributed by atoms with Gasteiger partial charge in [0, 0.05) is 29.2 Å². The molecule has 2 aliphatic heterocycles. The fourth-order valence-corrected chi connectivity index (χ4v) is 5.73. The molecule has 5 nitrogen and oxygen atoms in total. The molecule has 33 heavy (non-hydrogen) atoms. The molecule has 1 aromatic carbocycles. The maximum atomic E-state index is 13.5. The number of amides is 1. The molecule has 1 amide bonds. The van der Waals surface area contributed by atoms with E-state index in [2.05, 4.69) is 58.7 Å². The Morgan fingerprint density at radius 1 is 1.09 bits per heavy atom. The molecule has 4 rings (SSSR count). The highest BCUT2D eigenvalue weighted by Gasteiger charge is 2.40. The Labute approximate surface area is 212 Å². The fourth-order valence-electron chi connectivity index (χ4n) is 5.09. The third kappa shape index (κ3) is 6.31. The van der Waals surface area contributed by atoms with Crippen LogP contribution in [-0.4, -0.2) is 46.4 Å². The number of benzene rings is 1. The molecular weight excluding hydrogens is 525 g/mol. The Morgan fingerprint density at radius 2 is 1.79 bits per heavy atom. The zero-order valence-electron chi connectivity index (χ0n) is 20.0. The molecule has 180 valence electrons. The predicted octanol–water partition coefficient (Wildman–Crippen LogP) is 6.56. The van der Waals surface area contributed by atoms with E-state index in [1.807, 2.05) is 11.0 Å². The Hall–Kier alpha value is -1.57. The lowest BCUT2D eigenvalue weighted by Crippen LogP contribution is -2.41. The number of aliphatic imine (C=N–C) groups is 1. The number of carbonyl (C=O) groups is 1. The summed E-state index contributed by atoms with van der Waals surface area (Å²) < 4.78 is 7.11. The number of unbranched alkanes of at least 4 members (excludes halogenated alkanes) is 1. The van der Waals surface area contributed by atoms with Gasteiger partial charge in [-0.3, -0.25) is 9.69 Å². The van der Waals surface area contributed by atoms with Crippen molar-refractivity contribution in [2.24, 2.45) is 4.99 Å². The van der Waals surface area contributed by atoms with Crippen LogP contribution in [0.2, 0.25) is 0 Å². The monoisotopic (exact) mass is 563 g/mol. The highest BCUT2D eigenvalue weighted by Crippen LogP contribution is 2.30. The lowest BCUT2D eigenvalue weighted by Gasteiger charge is -2.29. The van der Waals surface area contributed by atoms with Gasteiger partial charge in [-0.05, 0) is 62.3 Å². The standard InChI is InChI=1S/C27H38IN3O2/c1-2-3-10-22(20-28)29-27-31(24-11-6-4-7-12-24)26(32)25(33-27)19-21-13-15-23(16-14-21)30-17-8-5-9-18-30/h13-16,19,22,24H,2-12,17-18,20H2,1H3/b25-19+,29-27+. The lowest BCUT2D eigenvalue weighted by atomic mass is 9.94. The Balaban J connectivity index is 1.55. The number of nitrogens with zero attached hydrogens (tertiary/aromatic N) is 3. The molecule has 0 radical (unpaired) electrons. The zero-order valence-corrected chi connectivity index (χ0v) is 22.1. The van der Waals surface area contributed by atoms with Gasteiger partial charge in [0.15, 0.2) is 5.76 Å². The van der Waals surface area contributed by atoms with Gasteiger partial charge in [-0.1, -0.05) is 73.8 Å². The van der Waals surface area contributed by atoms with Gasteiger partial charge in [-0.15, -0.1) is 0 Å². The third-order valence-electron chi connectivity index (χ3n) is 7.05. The van der Waals surface area contributed by atoms with E-state index in [1.54, 1.807) is 0 Å². The number of amidine groups is 1. The molecule has 2 saturated heterocycles. The van der Waals surface area contributed by atoms with E-state index in [0.29, 0.717) is 11.8 Å². The molecule has 1 atom stereocenters. The van der Waals surface area contributed by atoms with Crippen molar-refractivity contribution in [1.82, 2.24) is 4.90 Å². The van der Waals surface area contributed by atoms with Gasteiger partial charge in [-0.2, -0.15) is 0 Å². The first-order valence-electron chi connectivity index (χ1n) is 12.9. The van der Waals surface area contributed by atoms with Gasteiger partial charge in [-0.25, -0.2) is 4.99 Å². The number of hydrogen-bond acceptors (Lipinski definition) is 4. The molecule has 1 saturated carbocycles. The van der Waals surface area contributed by atoms with Gasteiger partial charge in [0.25, 0.3) is 5.91 Å². The van der Waals surface area contributed by atoms with Gasteiger partial charge in [0.2, 0.25) is 0 Å². The van der Waals surface area contributed by atoms with Crippen LogP contribution in [0.15, 0.2) is 35.0 Å². The van der Waals surface area contributed by atoms with E-state index >= 15 is 0 Å². The predicted molar refractivity (Wildman–Crippen MR) is 145 cm³/mol. The maximum Gasteiger partial charge on any atom is 0.300 e. The highest BCUT2D eigenvalue weighted by molar-refractivity contribution is 14.1. The van der Waals surface area contributed by atoms with Crippen LogP contribution in [0, 0.1) is 0 Å². The molecule has 0 spiro atoms. The second-order valence-corrected chi connectivity index (χ2v) is 10.5. The summed E-state index contributed by atoms with van der Waals surface area (Å²) in [4.78, 5) is 22.7. The summed E-state index contributed by atoms with van der Waals surface area (Å²) in [7, 11) is 0. The number of anilines is 1. The Bertz CT molecular complexity index is 839. The molecule has 0 N–H and O–H groups in total. The van der Waals surface area contributed by atoms with Crippen molar-refractivity contribution >= 4 is 46.3 Å². The van der Waals surface area contributed by atoms with Crippen molar-refractivity contribution in [2.45, 2.75) is 89.6 Å². The minimum atomic E-state index is -0.0246. The summed E-state index contributed by atoms with van der Waals surface area (Å²) in [5.41, 5.74) is 2.27. The van der Waals surface area contributed by atoms with Crippen molar-refractivity contribution in [2.75, 3.05) is 22.4 Å². The molecule has 0 aromatic heterocycles. The molecule has 3 fully saturated rings. The van der Waals surface area contributed by atoms with Crippen LogP contribution in [-0.2, 0) is 9.53 Å². The number of piperidine rings is 1. The topological polar surface area (TPSA) is 45.1 Å². The molecule has 1 unspecified atom stereocenters. The van der Waals surface area contributed by atoms with Crippen LogP contribution in [0.4, 0.5) is 5.69 Å². The largest absolute Gasteiger partial charge is 0.420 e. The quantitative estimate of drug-likeness (QED) is 0.205. The zero-order chi connectivity index (χ0) is 23.0. The van der Waals surface area contributed by atoms with Gasteiger partial charge < -0.3 is 9.64 Å². The van der Waals surface area contributed by atoms with Crippen LogP contribution in [0.5, 0.6) is 0 Å². The second kappa shape index (κ2) is 12.2.